The second-order valence-corrected chi connectivity index (χ2v) is 5.94. The maximum Gasteiger partial charge on any atom is 0.227 e. The van der Waals surface area contributed by atoms with Crippen LogP contribution in [0.5, 0.6) is 5.75 Å². The van der Waals surface area contributed by atoms with Gasteiger partial charge in [0.05, 0.1) is 12.7 Å². The molecule has 0 radical (unpaired) electrons. The van der Waals surface area contributed by atoms with E-state index in [9.17, 15) is 9.18 Å². The molecule has 2 aromatic carbocycles. The van der Waals surface area contributed by atoms with Crippen molar-refractivity contribution in [3.8, 4) is 17.1 Å². The lowest BCUT2D eigenvalue weighted by Crippen LogP contribution is -2.25. The number of rotatable bonds is 8. The predicted molar refractivity (Wildman–Crippen MR) is 97.7 cm³/mol. The summed E-state index contributed by atoms with van der Waals surface area (Å²) in [6, 6.07) is 13.9. The van der Waals surface area contributed by atoms with Crippen LogP contribution in [0, 0.1) is 5.82 Å². The van der Waals surface area contributed by atoms with E-state index in [2.05, 4.69) is 15.5 Å². The molecule has 0 aliphatic heterocycles. The van der Waals surface area contributed by atoms with Crippen LogP contribution in [0.1, 0.15) is 17.9 Å². The number of halogens is 1. The summed E-state index contributed by atoms with van der Waals surface area (Å²) < 4.78 is 23.9. The van der Waals surface area contributed by atoms with Gasteiger partial charge in [-0.1, -0.05) is 29.4 Å². The molecule has 27 heavy (non-hydrogen) atoms. The fraction of sp³-hybridized carbons (Fsp3) is 0.250. The first kappa shape index (κ1) is 18.6. The van der Waals surface area contributed by atoms with Gasteiger partial charge in [-0.2, -0.15) is 4.98 Å². The topological polar surface area (TPSA) is 77.2 Å². The molecule has 0 bridgehead atoms. The molecule has 0 aliphatic rings. The Balaban J connectivity index is 1.43. The SMILES string of the molecule is COc1ccc(CCNC(=O)CCc2nc(-c3ccccc3F)no2)cc1. The first-order chi connectivity index (χ1) is 13.2. The summed E-state index contributed by atoms with van der Waals surface area (Å²) in [6.45, 7) is 0.537. The Morgan fingerprint density at radius 2 is 1.93 bits per heavy atom. The van der Waals surface area contributed by atoms with E-state index in [0.29, 0.717) is 18.9 Å². The molecule has 6 nitrogen and oxygen atoms in total. The average Bonchev–Trinajstić information content (AvgIpc) is 3.16. The monoisotopic (exact) mass is 369 g/mol. The van der Waals surface area contributed by atoms with Gasteiger partial charge in [0, 0.05) is 19.4 Å². The summed E-state index contributed by atoms with van der Waals surface area (Å²) in [7, 11) is 1.62. The molecule has 1 aromatic heterocycles. The summed E-state index contributed by atoms with van der Waals surface area (Å²) in [5.41, 5.74) is 1.39. The van der Waals surface area contributed by atoms with Crippen LogP contribution >= 0.6 is 0 Å². The fourth-order valence-electron chi connectivity index (χ4n) is 2.56. The maximum atomic E-state index is 13.7. The standard InChI is InChI=1S/C20H20FN3O3/c1-26-15-8-6-14(7-9-15)12-13-22-18(25)10-11-19-23-20(24-27-19)16-4-2-3-5-17(16)21/h2-9H,10-13H2,1H3,(H,22,25). The number of methoxy groups -OCH3 is 1. The van der Waals surface area contributed by atoms with Gasteiger partial charge in [0.25, 0.3) is 0 Å². The number of carbonyl (C=O) groups is 1. The Bertz CT molecular complexity index is 893. The molecule has 0 saturated heterocycles. The summed E-state index contributed by atoms with van der Waals surface area (Å²) >= 11 is 0. The molecule has 0 unspecified atom stereocenters. The van der Waals surface area contributed by atoms with Crippen LogP contribution in [-0.2, 0) is 17.6 Å². The van der Waals surface area contributed by atoms with Crippen molar-refractivity contribution in [1.82, 2.24) is 15.5 Å². The number of aromatic nitrogens is 2. The van der Waals surface area contributed by atoms with Gasteiger partial charge in [-0.05, 0) is 36.2 Å². The van der Waals surface area contributed by atoms with Crippen molar-refractivity contribution in [3.05, 3.63) is 65.8 Å². The molecule has 3 rings (SSSR count). The van der Waals surface area contributed by atoms with Crippen LogP contribution in [0.2, 0.25) is 0 Å². The Morgan fingerprint density at radius 3 is 2.67 bits per heavy atom. The van der Waals surface area contributed by atoms with Crippen molar-refractivity contribution in [2.75, 3.05) is 13.7 Å². The third-order valence-corrected chi connectivity index (χ3v) is 4.04. The van der Waals surface area contributed by atoms with Gasteiger partial charge in [0.1, 0.15) is 11.6 Å². The van der Waals surface area contributed by atoms with Crippen molar-refractivity contribution in [3.63, 3.8) is 0 Å². The molecular formula is C20H20FN3O3. The minimum Gasteiger partial charge on any atom is -0.497 e. The lowest BCUT2D eigenvalue weighted by Gasteiger charge is -2.05. The van der Waals surface area contributed by atoms with Crippen LogP contribution in [-0.4, -0.2) is 29.7 Å². The van der Waals surface area contributed by atoms with Gasteiger partial charge in [0.15, 0.2) is 0 Å². The number of hydrogen-bond acceptors (Lipinski definition) is 5. The van der Waals surface area contributed by atoms with E-state index in [1.54, 1.807) is 25.3 Å². The van der Waals surface area contributed by atoms with Crippen LogP contribution < -0.4 is 10.1 Å². The third-order valence-electron chi connectivity index (χ3n) is 4.04. The van der Waals surface area contributed by atoms with E-state index in [1.165, 1.54) is 6.07 Å². The fourth-order valence-corrected chi connectivity index (χ4v) is 2.56. The molecule has 1 heterocycles. The largest absolute Gasteiger partial charge is 0.497 e. The van der Waals surface area contributed by atoms with Crippen molar-refractivity contribution in [1.29, 1.82) is 0 Å². The number of hydrogen-bond donors (Lipinski definition) is 1. The van der Waals surface area contributed by atoms with Gasteiger partial charge >= 0.3 is 0 Å². The van der Waals surface area contributed by atoms with Gasteiger partial charge in [-0.25, -0.2) is 4.39 Å². The smallest absolute Gasteiger partial charge is 0.227 e. The number of nitrogens with zero attached hydrogens (tertiary/aromatic N) is 2. The van der Waals surface area contributed by atoms with Crippen LogP contribution in [0.25, 0.3) is 11.4 Å². The molecule has 7 heteroatoms. The molecule has 1 N–H and O–H groups in total. The Morgan fingerprint density at radius 1 is 1.15 bits per heavy atom. The molecule has 0 aliphatic carbocycles. The highest BCUT2D eigenvalue weighted by Gasteiger charge is 2.13. The van der Waals surface area contributed by atoms with E-state index in [1.807, 2.05) is 24.3 Å². The number of amides is 1. The molecule has 0 atom stereocenters. The summed E-state index contributed by atoms with van der Waals surface area (Å²) in [5, 5.41) is 6.63. The lowest BCUT2D eigenvalue weighted by atomic mass is 10.1. The number of nitrogens with one attached hydrogen (secondary N) is 1. The summed E-state index contributed by atoms with van der Waals surface area (Å²) in [6.07, 6.45) is 1.26. The molecule has 0 fully saturated rings. The third kappa shape index (κ3) is 5.13. The highest BCUT2D eigenvalue weighted by atomic mass is 19.1. The highest BCUT2D eigenvalue weighted by molar-refractivity contribution is 5.76. The van der Waals surface area contributed by atoms with E-state index < -0.39 is 5.82 Å². The van der Waals surface area contributed by atoms with Gasteiger partial charge < -0.3 is 14.6 Å². The van der Waals surface area contributed by atoms with Crippen molar-refractivity contribution in [2.45, 2.75) is 19.3 Å². The van der Waals surface area contributed by atoms with Gasteiger partial charge in [-0.15, -0.1) is 0 Å². The van der Waals surface area contributed by atoms with Crippen molar-refractivity contribution >= 4 is 5.91 Å². The van der Waals surface area contributed by atoms with E-state index in [-0.39, 0.29) is 23.7 Å². The Kier molecular flexibility index (Phi) is 6.14. The quantitative estimate of drug-likeness (QED) is 0.660. The number of benzene rings is 2. The first-order valence-corrected chi connectivity index (χ1v) is 8.63. The zero-order valence-electron chi connectivity index (χ0n) is 14.9. The van der Waals surface area contributed by atoms with Crippen molar-refractivity contribution < 1.29 is 18.4 Å². The Labute approximate surface area is 156 Å². The minimum absolute atomic E-state index is 0.103. The molecule has 140 valence electrons. The van der Waals surface area contributed by atoms with Crippen LogP contribution in [0.15, 0.2) is 53.1 Å². The first-order valence-electron chi connectivity index (χ1n) is 8.63. The molecular weight excluding hydrogens is 349 g/mol. The van der Waals surface area contributed by atoms with Gasteiger partial charge in [0.2, 0.25) is 17.6 Å². The highest BCUT2D eigenvalue weighted by Crippen LogP contribution is 2.19. The van der Waals surface area contributed by atoms with Crippen LogP contribution in [0.4, 0.5) is 4.39 Å². The van der Waals surface area contributed by atoms with Crippen molar-refractivity contribution in [2.24, 2.45) is 0 Å². The normalized spacial score (nSPS) is 10.6. The Hall–Kier alpha value is -3.22. The molecule has 3 aromatic rings. The minimum atomic E-state index is -0.416. The summed E-state index contributed by atoms with van der Waals surface area (Å²) in [5.74, 6) is 0.772. The second kappa shape index (κ2) is 8.93. The van der Waals surface area contributed by atoms with E-state index in [0.717, 1.165) is 17.7 Å². The number of ether oxygens (including phenoxy) is 1. The van der Waals surface area contributed by atoms with Gasteiger partial charge in [-0.3, -0.25) is 4.79 Å². The number of carbonyl (C=O) groups excluding carboxylic acids is 1. The molecule has 0 saturated carbocycles. The van der Waals surface area contributed by atoms with E-state index in [4.69, 9.17) is 9.26 Å². The predicted octanol–water partition coefficient (Wildman–Crippen LogP) is 3.18. The zero-order valence-corrected chi connectivity index (χ0v) is 14.9. The lowest BCUT2D eigenvalue weighted by molar-refractivity contribution is -0.121. The van der Waals surface area contributed by atoms with Crippen LogP contribution in [0.3, 0.4) is 0 Å². The van der Waals surface area contributed by atoms with E-state index >= 15 is 0 Å². The number of aryl methyl sites for hydroxylation is 1. The average molecular weight is 369 g/mol. The molecule has 1 amide bonds. The zero-order chi connectivity index (χ0) is 19.1. The summed E-state index contributed by atoms with van der Waals surface area (Å²) in [4.78, 5) is 16.1. The maximum absolute atomic E-state index is 13.7. The molecule has 0 spiro atoms. The second-order valence-electron chi connectivity index (χ2n) is 5.94.